The minimum absolute atomic E-state index is 0.0469. The quantitative estimate of drug-likeness (QED) is 0.817. The number of nitrogens with one attached hydrogen (secondary N) is 2. The lowest BCUT2D eigenvalue weighted by molar-refractivity contribution is -0.129. The maximum Gasteiger partial charge on any atom is 0.244 e. The highest BCUT2D eigenvalue weighted by atomic mass is 32.2. The highest BCUT2D eigenvalue weighted by molar-refractivity contribution is 7.89. The average Bonchev–Trinajstić information content (AvgIpc) is 2.38. The van der Waals surface area contributed by atoms with E-state index in [-0.39, 0.29) is 16.8 Å². The Hall–Kier alpha value is -1.60. The molecule has 112 valence electrons. The molecule has 0 aliphatic heterocycles. The number of anilines is 1. The maximum atomic E-state index is 11.8. The molecule has 2 N–H and O–H groups in total. The number of rotatable bonds is 6. The van der Waals surface area contributed by atoms with Gasteiger partial charge in [-0.2, -0.15) is 0 Å². The maximum absolute atomic E-state index is 11.8. The van der Waals surface area contributed by atoms with E-state index in [9.17, 15) is 13.2 Å². The monoisotopic (exact) mass is 299 g/mol. The molecule has 0 aromatic heterocycles. The second-order valence-corrected chi connectivity index (χ2v) is 6.39. The molecule has 0 fully saturated rings. The summed E-state index contributed by atoms with van der Waals surface area (Å²) >= 11 is 0. The molecule has 1 aromatic rings. The molecule has 0 saturated heterocycles. The number of benzene rings is 1. The smallest absolute Gasteiger partial charge is 0.244 e. The zero-order chi connectivity index (χ0) is 15.3. The number of sulfonamides is 1. The summed E-state index contributed by atoms with van der Waals surface area (Å²) < 4.78 is 26.0. The van der Waals surface area contributed by atoms with Gasteiger partial charge in [0.15, 0.2) is 0 Å². The highest BCUT2D eigenvalue weighted by Gasteiger charge is 2.15. The Balaban J connectivity index is 2.80. The number of carbonyl (C=O) groups excluding carboxylic acids is 1. The third kappa shape index (κ3) is 4.21. The number of nitrogens with zero attached hydrogens (tertiary/aromatic N) is 1. The third-order valence-corrected chi connectivity index (χ3v) is 4.25. The van der Waals surface area contributed by atoms with Gasteiger partial charge in [0.05, 0.1) is 4.90 Å². The Morgan fingerprint density at radius 2 is 1.80 bits per heavy atom. The molecule has 0 aliphatic carbocycles. The molecule has 0 saturated carbocycles. The van der Waals surface area contributed by atoms with Crippen LogP contribution in [-0.2, 0) is 14.8 Å². The molecule has 1 atom stereocenters. The van der Waals surface area contributed by atoms with Crippen molar-refractivity contribution >= 4 is 21.6 Å². The van der Waals surface area contributed by atoms with Gasteiger partial charge in [-0.25, -0.2) is 13.1 Å². The summed E-state index contributed by atoms with van der Waals surface area (Å²) in [7, 11) is -0.0641. The van der Waals surface area contributed by atoms with Crippen LogP contribution in [0.3, 0.4) is 0 Å². The Labute approximate surface area is 120 Å². The first-order valence-electron chi connectivity index (χ1n) is 6.35. The minimum atomic E-state index is -3.44. The largest absolute Gasteiger partial charge is 0.374 e. The van der Waals surface area contributed by atoms with Crippen LogP contribution >= 0.6 is 0 Å². The van der Waals surface area contributed by atoms with Crippen molar-refractivity contribution in [2.75, 3.05) is 26.0 Å². The van der Waals surface area contributed by atoms with Gasteiger partial charge in [0.25, 0.3) is 0 Å². The molecule has 0 spiro atoms. The van der Waals surface area contributed by atoms with Crippen LogP contribution in [-0.4, -0.2) is 45.9 Å². The fraction of sp³-hybridized carbons (Fsp3) is 0.462. The van der Waals surface area contributed by atoms with Gasteiger partial charge in [0.1, 0.15) is 6.04 Å². The summed E-state index contributed by atoms with van der Waals surface area (Å²) in [4.78, 5) is 13.4. The van der Waals surface area contributed by atoms with Gasteiger partial charge in [-0.15, -0.1) is 0 Å². The molecular weight excluding hydrogens is 278 g/mol. The first kappa shape index (κ1) is 16.5. The summed E-state index contributed by atoms with van der Waals surface area (Å²) in [5.74, 6) is -0.0469. The molecule has 0 heterocycles. The molecule has 20 heavy (non-hydrogen) atoms. The lowest BCUT2D eigenvalue weighted by Crippen LogP contribution is -2.36. The van der Waals surface area contributed by atoms with E-state index in [2.05, 4.69) is 10.0 Å². The molecule has 0 aliphatic rings. The standard InChI is InChI=1S/C13H21N3O3S/c1-5-14-20(18,19)12-8-6-11(7-9-12)15-10(2)13(17)16(3)4/h6-10,14-15H,5H2,1-4H3. The number of hydrogen-bond donors (Lipinski definition) is 2. The topological polar surface area (TPSA) is 78.5 Å². The SMILES string of the molecule is CCNS(=O)(=O)c1ccc(NC(C)C(=O)N(C)C)cc1. The van der Waals surface area contributed by atoms with E-state index in [4.69, 9.17) is 0 Å². The lowest BCUT2D eigenvalue weighted by Gasteiger charge is -2.19. The second-order valence-electron chi connectivity index (χ2n) is 4.62. The van der Waals surface area contributed by atoms with Crippen molar-refractivity contribution in [3.63, 3.8) is 0 Å². The summed E-state index contributed by atoms with van der Waals surface area (Å²) in [6.45, 7) is 3.82. The van der Waals surface area contributed by atoms with Crippen LogP contribution in [0.1, 0.15) is 13.8 Å². The third-order valence-electron chi connectivity index (χ3n) is 2.69. The van der Waals surface area contributed by atoms with Crippen molar-refractivity contribution in [2.45, 2.75) is 24.8 Å². The van der Waals surface area contributed by atoms with Gasteiger partial charge < -0.3 is 10.2 Å². The first-order valence-corrected chi connectivity index (χ1v) is 7.83. The van der Waals surface area contributed by atoms with Gasteiger partial charge in [-0.1, -0.05) is 6.92 Å². The highest BCUT2D eigenvalue weighted by Crippen LogP contribution is 2.15. The van der Waals surface area contributed by atoms with E-state index >= 15 is 0 Å². The molecule has 0 radical (unpaired) electrons. The Kier molecular flexibility index (Phi) is 5.52. The number of hydrogen-bond acceptors (Lipinski definition) is 4. The van der Waals surface area contributed by atoms with E-state index in [1.54, 1.807) is 40.1 Å². The van der Waals surface area contributed by atoms with Crippen LogP contribution in [0.5, 0.6) is 0 Å². The summed E-state index contributed by atoms with van der Waals surface area (Å²) in [6, 6.07) is 5.93. The van der Waals surface area contributed by atoms with Gasteiger partial charge >= 0.3 is 0 Å². The zero-order valence-electron chi connectivity index (χ0n) is 12.2. The van der Waals surface area contributed by atoms with Crippen LogP contribution in [0.2, 0.25) is 0 Å². The second kappa shape index (κ2) is 6.71. The summed E-state index contributed by atoms with van der Waals surface area (Å²) in [6.07, 6.45) is 0. The van der Waals surface area contributed by atoms with Gasteiger partial charge in [0.2, 0.25) is 15.9 Å². The van der Waals surface area contributed by atoms with Crippen molar-refractivity contribution in [3.05, 3.63) is 24.3 Å². The molecule has 6 nitrogen and oxygen atoms in total. The minimum Gasteiger partial charge on any atom is -0.374 e. The van der Waals surface area contributed by atoms with Crippen LogP contribution in [0.15, 0.2) is 29.2 Å². The van der Waals surface area contributed by atoms with E-state index in [1.807, 2.05) is 0 Å². The van der Waals surface area contributed by atoms with Crippen LogP contribution in [0.25, 0.3) is 0 Å². The molecule has 1 rings (SSSR count). The number of amides is 1. The van der Waals surface area contributed by atoms with Crippen molar-refractivity contribution in [3.8, 4) is 0 Å². The number of carbonyl (C=O) groups is 1. The van der Waals surface area contributed by atoms with Crippen molar-refractivity contribution in [1.82, 2.24) is 9.62 Å². The van der Waals surface area contributed by atoms with Gasteiger partial charge in [0, 0.05) is 26.3 Å². The molecule has 1 aromatic carbocycles. The lowest BCUT2D eigenvalue weighted by atomic mass is 10.2. The molecule has 0 bridgehead atoms. The molecule has 1 amide bonds. The van der Waals surface area contributed by atoms with Crippen molar-refractivity contribution < 1.29 is 13.2 Å². The van der Waals surface area contributed by atoms with E-state index in [0.29, 0.717) is 12.2 Å². The van der Waals surface area contributed by atoms with E-state index in [0.717, 1.165) is 0 Å². The zero-order valence-corrected chi connectivity index (χ0v) is 13.0. The normalized spacial score (nSPS) is 12.8. The van der Waals surface area contributed by atoms with Crippen LogP contribution in [0.4, 0.5) is 5.69 Å². The van der Waals surface area contributed by atoms with Crippen molar-refractivity contribution in [2.24, 2.45) is 0 Å². The molecule has 1 unspecified atom stereocenters. The molecule has 7 heteroatoms. The Morgan fingerprint density at radius 1 is 1.25 bits per heavy atom. The van der Waals surface area contributed by atoms with Gasteiger partial charge in [-0.05, 0) is 31.2 Å². The van der Waals surface area contributed by atoms with E-state index < -0.39 is 10.0 Å². The fourth-order valence-corrected chi connectivity index (χ4v) is 2.74. The first-order chi connectivity index (χ1) is 9.27. The fourth-order valence-electron chi connectivity index (χ4n) is 1.70. The van der Waals surface area contributed by atoms with Crippen LogP contribution < -0.4 is 10.0 Å². The molecular formula is C13H21N3O3S. The summed E-state index contributed by atoms with van der Waals surface area (Å²) in [5.41, 5.74) is 0.697. The average molecular weight is 299 g/mol. The summed E-state index contributed by atoms with van der Waals surface area (Å²) in [5, 5.41) is 3.03. The predicted octanol–water partition coefficient (Wildman–Crippen LogP) is 0.873. The van der Waals surface area contributed by atoms with E-state index in [1.165, 1.54) is 17.0 Å². The Bertz CT molecular complexity index is 553. The Morgan fingerprint density at radius 3 is 2.25 bits per heavy atom. The van der Waals surface area contributed by atoms with Gasteiger partial charge in [-0.3, -0.25) is 4.79 Å². The predicted molar refractivity (Wildman–Crippen MR) is 79.1 cm³/mol. The number of likely N-dealkylation sites (N-methyl/N-ethyl adjacent to an activating group) is 1. The van der Waals surface area contributed by atoms with Crippen LogP contribution in [0, 0.1) is 0 Å². The van der Waals surface area contributed by atoms with Crippen molar-refractivity contribution in [1.29, 1.82) is 0 Å².